The largest absolute Gasteiger partial charge is 0.449 e. The predicted molar refractivity (Wildman–Crippen MR) is 205 cm³/mol. The first kappa shape index (κ1) is 29.4. The minimum absolute atomic E-state index is 0.129. The summed E-state index contributed by atoms with van der Waals surface area (Å²) in [5, 5.41) is 2.38. The van der Waals surface area contributed by atoms with Crippen LogP contribution in [0.5, 0.6) is 23.0 Å². The Bertz CT molecular complexity index is 2660. The van der Waals surface area contributed by atoms with Crippen molar-refractivity contribution < 1.29 is 9.47 Å². The van der Waals surface area contributed by atoms with Crippen molar-refractivity contribution in [3.63, 3.8) is 0 Å². The Labute approximate surface area is 296 Å². The maximum Gasteiger partial charge on any atom is 0.178 e. The normalized spacial score (nSPS) is 13.4. The Kier molecular flexibility index (Phi) is 6.49. The molecule has 0 saturated carbocycles. The molecule has 7 aromatic carbocycles. The van der Waals surface area contributed by atoms with Crippen molar-refractivity contribution in [1.29, 1.82) is 0 Å². The Balaban J connectivity index is 1.04. The molecule has 0 bridgehead atoms. The highest BCUT2D eigenvalue weighted by atomic mass is 16.6. The van der Waals surface area contributed by atoms with Crippen LogP contribution in [0.15, 0.2) is 158 Å². The summed E-state index contributed by atoms with van der Waals surface area (Å²) in [7, 11) is 0. The van der Waals surface area contributed by atoms with E-state index in [2.05, 4.69) is 135 Å². The average molecular weight is 657 g/mol. The number of benzene rings is 7. The summed E-state index contributed by atoms with van der Waals surface area (Å²) in [6.45, 7) is 4.56. The molecule has 4 heteroatoms. The lowest BCUT2D eigenvalue weighted by Crippen LogP contribution is -2.15. The van der Waals surface area contributed by atoms with Gasteiger partial charge in [-0.1, -0.05) is 147 Å². The first-order valence-electron chi connectivity index (χ1n) is 17.3. The summed E-state index contributed by atoms with van der Waals surface area (Å²) < 4.78 is 13.4. The molecule has 0 fully saturated rings. The van der Waals surface area contributed by atoms with Crippen LogP contribution in [0.25, 0.3) is 66.9 Å². The zero-order valence-electron chi connectivity index (χ0n) is 28.2. The second-order valence-corrected chi connectivity index (χ2v) is 13.8. The van der Waals surface area contributed by atoms with Gasteiger partial charge in [0.15, 0.2) is 28.8 Å². The van der Waals surface area contributed by atoms with Crippen LogP contribution in [0.2, 0.25) is 0 Å². The Morgan fingerprint density at radius 2 is 1.10 bits per heavy atom. The van der Waals surface area contributed by atoms with Gasteiger partial charge >= 0.3 is 0 Å². The summed E-state index contributed by atoms with van der Waals surface area (Å²) in [4.78, 5) is 10.1. The first-order chi connectivity index (χ1) is 25.0. The SMILES string of the molecule is CC1(C)c2ccccc2-c2c1ccc1c2Oc2c(cccc2-c2ccc(-c3cc(-c4ccc5ccccc5c4)nc(-c4ccccc4)n3)cc2)O1. The van der Waals surface area contributed by atoms with Crippen LogP contribution in [0, 0.1) is 0 Å². The van der Waals surface area contributed by atoms with Gasteiger partial charge in [0.2, 0.25) is 0 Å². The molecule has 2 aliphatic rings. The molecule has 1 aromatic heterocycles. The monoisotopic (exact) mass is 656 g/mol. The third-order valence-electron chi connectivity index (χ3n) is 10.4. The third-order valence-corrected chi connectivity index (χ3v) is 10.4. The van der Waals surface area contributed by atoms with Crippen LogP contribution in [0.3, 0.4) is 0 Å². The molecule has 0 atom stereocenters. The fourth-order valence-corrected chi connectivity index (χ4v) is 7.70. The minimum atomic E-state index is -0.129. The van der Waals surface area contributed by atoms with Gasteiger partial charge in [-0.05, 0) is 57.3 Å². The van der Waals surface area contributed by atoms with E-state index in [-0.39, 0.29) is 5.41 Å². The molecule has 0 spiro atoms. The molecule has 0 amide bonds. The molecule has 2 heterocycles. The number of para-hydroxylation sites is 1. The second kappa shape index (κ2) is 11.3. The molecule has 51 heavy (non-hydrogen) atoms. The fourth-order valence-electron chi connectivity index (χ4n) is 7.70. The molecule has 10 rings (SSSR count). The lowest BCUT2D eigenvalue weighted by Gasteiger charge is -2.26. The van der Waals surface area contributed by atoms with E-state index in [1.807, 2.05) is 36.4 Å². The van der Waals surface area contributed by atoms with E-state index in [1.165, 1.54) is 27.5 Å². The highest BCUT2D eigenvalue weighted by Gasteiger charge is 2.39. The van der Waals surface area contributed by atoms with E-state index in [0.717, 1.165) is 62.0 Å². The zero-order valence-corrected chi connectivity index (χ0v) is 28.2. The summed E-state index contributed by atoms with van der Waals surface area (Å²) in [5.41, 5.74) is 11.5. The van der Waals surface area contributed by atoms with Gasteiger partial charge in [0.1, 0.15) is 0 Å². The van der Waals surface area contributed by atoms with Crippen molar-refractivity contribution in [2.24, 2.45) is 0 Å². The predicted octanol–water partition coefficient (Wildman–Crippen LogP) is 12.5. The molecule has 1 aliphatic carbocycles. The van der Waals surface area contributed by atoms with E-state index < -0.39 is 0 Å². The number of fused-ring (bicyclic) bond motifs is 7. The van der Waals surface area contributed by atoms with Gasteiger partial charge < -0.3 is 9.47 Å². The lowest BCUT2D eigenvalue weighted by atomic mass is 9.82. The molecule has 0 radical (unpaired) electrons. The number of ether oxygens (including phenoxy) is 2. The van der Waals surface area contributed by atoms with Gasteiger partial charge in [-0.25, -0.2) is 9.97 Å². The Morgan fingerprint density at radius 3 is 1.94 bits per heavy atom. The fraction of sp³-hybridized carbons (Fsp3) is 0.0638. The molecule has 242 valence electrons. The molecule has 0 N–H and O–H groups in total. The van der Waals surface area contributed by atoms with E-state index >= 15 is 0 Å². The number of hydrogen-bond acceptors (Lipinski definition) is 4. The standard InChI is InChI=1S/C47H32N2O2/c1-47(2)37-17-9-8-15-36(37)43-38(47)25-26-42-45(43)51-44-35(16-10-18-41(44)50-42)30-20-22-31(23-21-30)39-28-40(49-46(48-39)32-12-4-3-5-13-32)34-24-19-29-11-6-7-14-33(29)27-34/h3-28H,1-2H3. The van der Waals surface area contributed by atoms with Crippen molar-refractivity contribution in [2.45, 2.75) is 19.3 Å². The minimum Gasteiger partial charge on any atom is -0.449 e. The number of nitrogens with zero attached hydrogens (tertiary/aromatic N) is 2. The molecule has 1 aliphatic heterocycles. The van der Waals surface area contributed by atoms with Crippen LogP contribution < -0.4 is 9.47 Å². The third kappa shape index (κ3) is 4.75. The van der Waals surface area contributed by atoms with Crippen molar-refractivity contribution in [2.75, 3.05) is 0 Å². The van der Waals surface area contributed by atoms with Gasteiger partial charge in [0, 0.05) is 33.2 Å². The second-order valence-electron chi connectivity index (χ2n) is 13.8. The molecule has 4 nitrogen and oxygen atoms in total. The first-order valence-corrected chi connectivity index (χ1v) is 17.3. The Morgan fingerprint density at radius 1 is 0.431 bits per heavy atom. The molecule has 0 saturated heterocycles. The topological polar surface area (TPSA) is 44.2 Å². The smallest absolute Gasteiger partial charge is 0.178 e. The summed E-state index contributed by atoms with van der Waals surface area (Å²) in [5.74, 6) is 3.64. The lowest BCUT2D eigenvalue weighted by molar-refractivity contribution is 0.361. The van der Waals surface area contributed by atoms with Crippen molar-refractivity contribution in [3.05, 3.63) is 169 Å². The van der Waals surface area contributed by atoms with Crippen LogP contribution in [0.1, 0.15) is 25.0 Å². The maximum absolute atomic E-state index is 6.89. The molecular formula is C47H32N2O2. The van der Waals surface area contributed by atoms with Gasteiger partial charge in [-0.3, -0.25) is 0 Å². The van der Waals surface area contributed by atoms with Gasteiger partial charge in [-0.2, -0.15) is 0 Å². The van der Waals surface area contributed by atoms with Crippen molar-refractivity contribution in [1.82, 2.24) is 9.97 Å². The van der Waals surface area contributed by atoms with Gasteiger partial charge in [0.05, 0.1) is 11.4 Å². The van der Waals surface area contributed by atoms with Crippen LogP contribution >= 0.6 is 0 Å². The number of aromatic nitrogens is 2. The van der Waals surface area contributed by atoms with Gasteiger partial charge in [-0.15, -0.1) is 0 Å². The summed E-state index contributed by atoms with van der Waals surface area (Å²) in [6, 6.07) is 54.6. The van der Waals surface area contributed by atoms with E-state index in [4.69, 9.17) is 19.4 Å². The summed E-state index contributed by atoms with van der Waals surface area (Å²) >= 11 is 0. The maximum atomic E-state index is 6.89. The highest BCUT2D eigenvalue weighted by molar-refractivity contribution is 5.90. The van der Waals surface area contributed by atoms with E-state index in [9.17, 15) is 0 Å². The number of rotatable bonds is 4. The van der Waals surface area contributed by atoms with Crippen LogP contribution in [0.4, 0.5) is 0 Å². The van der Waals surface area contributed by atoms with E-state index in [0.29, 0.717) is 11.6 Å². The molecule has 0 unspecified atom stereocenters. The van der Waals surface area contributed by atoms with E-state index in [1.54, 1.807) is 0 Å². The quantitative estimate of drug-likeness (QED) is 0.189. The highest BCUT2D eigenvalue weighted by Crippen LogP contribution is 2.59. The van der Waals surface area contributed by atoms with Crippen molar-refractivity contribution in [3.8, 4) is 79.2 Å². The summed E-state index contributed by atoms with van der Waals surface area (Å²) in [6.07, 6.45) is 0. The Hall–Kier alpha value is -6.52. The zero-order chi connectivity index (χ0) is 34.1. The number of hydrogen-bond donors (Lipinski definition) is 0. The van der Waals surface area contributed by atoms with Crippen LogP contribution in [-0.4, -0.2) is 9.97 Å². The van der Waals surface area contributed by atoms with Gasteiger partial charge in [0.25, 0.3) is 0 Å². The average Bonchev–Trinajstić information content (AvgIpc) is 3.43. The van der Waals surface area contributed by atoms with Crippen molar-refractivity contribution >= 4 is 10.8 Å². The molecular weight excluding hydrogens is 625 g/mol. The van der Waals surface area contributed by atoms with Crippen LogP contribution in [-0.2, 0) is 5.41 Å². The molecule has 8 aromatic rings.